The first kappa shape index (κ1) is 19.2. The molecule has 7 nitrogen and oxygen atoms in total. The summed E-state index contributed by atoms with van der Waals surface area (Å²) in [6.07, 6.45) is 6.24. The third kappa shape index (κ3) is 4.01. The van der Waals surface area contributed by atoms with E-state index >= 15 is 0 Å². The van der Waals surface area contributed by atoms with Gasteiger partial charge in [-0.1, -0.05) is 46.8 Å². The van der Waals surface area contributed by atoms with Crippen LogP contribution in [0.3, 0.4) is 0 Å². The van der Waals surface area contributed by atoms with Crippen LogP contribution in [0.4, 0.5) is 0 Å². The van der Waals surface area contributed by atoms with Crippen LogP contribution in [0, 0.1) is 6.92 Å². The van der Waals surface area contributed by atoms with Crippen molar-refractivity contribution in [2.75, 3.05) is 13.2 Å². The van der Waals surface area contributed by atoms with Gasteiger partial charge in [0.15, 0.2) is 17.3 Å². The van der Waals surface area contributed by atoms with Crippen LogP contribution in [-0.4, -0.2) is 29.3 Å². The maximum atomic E-state index is 13.0. The van der Waals surface area contributed by atoms with E-state index in [-0.39, 0.29) is 12.3 Å². The zero-order valence-electron chi connectivity index (χ0n) is 15.9. The molecule has 1 aromatic carbocycles. The summed E-state index contributed by atoms with van der Waals surface area (Å²) in [5, 5.41) is 7.38. The van der Waals surface area contributed by atoms with Gasteiger partial charge >= 0.3 is 0 Å². The van der Waals surface area contributed by atoms with Crippen LogP contribution in [0.2, 0.25) is 0 Å². The molecule has 8 heteroatoms. The lowest BCUT2D eigenvalue weighted by Crippen LogP contribution is -2.47. The molecule has 0 bridgehead atoms. The van der Waals surface area contributed by atoms with Crippen LogP contribution in [0.1, 0.15) is 55.8 Å². The molecule has 1 aliphatic carbocycles. The predicted octanol–water partition coefficient (Wildman–Crippen LogP) is 3.82. The van der Waals surface area contributed by atoms with E-state index < -0.39 is 5.54 Å². The van der Waals surface area contributed by atoms with Gasteiger partial charge in [0.1, 0.15) is 18.8 Å². The van der Waals surface area contributed by atoms with Crippen molar-refractivity contribution in [2.24, 2.45) is 0 Å². The number of halogens is 1. The number of ether oxygens (including phenoxy) is 2. The predicted molar refractivity (Wildman–Crippen MR) is 105 cm³/mol. The third-order valence-corrected chi connectivity index (χ3v) is 6.09. The normalized spacial score (nSPS) is 18.4. The molecule has 1 amide bonds. The Morgan fingerprint density at radius 1 is 1.14 bits per heavy atom. The van der Waals surface area contributed by atoms with Crippen molar-refractivity contribution in [3.05, 3.63) is 33.9 Å². The smallest absolute Gasteiger partial charge is 0.225 e. The molecule has 0 unspecified atom stereocenters. The molecular weight excluding hydrogens is 426 g/mol. The van der Waals surface area contributed by atoms with Gasteiger partial charge in [0.2, 0.25) is 11.8 Å². The molecule has 0 spiro atoms. The largest absolute Gasteiger partial charge is 0.486 e. The summed E-state index contributed by atoms with van der Waals surface area (Å²) in [5.41, 5.74) is 0.292. The summed E-state index contributed by atoms with van der Waals surface area (Å²) in [5.74, 6) is 2.41. The number of amides is 1. The van der Waals surface area contributed by atoms with Crippen molar-refractivity contribution >= 4 is 21.8 Å². The summed E-state index contributed by atoms with van der Waals surface area (Å²) >= 11 is 3.55. The SMILES string of the molecule is Cc1nc(C2(NC(=O)Cc3cc4c(cc3Br)OCCO4)CCCCCC2)no1. The zero-order chi connectivity index (χ0) is 19.6. The maximum Gasteiger partial charge on any atom is 0.225 e. The summed E-state index contributed by atoms with van der Waals surface area (Å²) in [4.78, 5) is 17.5. The Bertz CT molecular complexity index is 859. The van der Waals surface area contributed by atoms with Crippen molar-refractivity contribution in [3.8, 4) is 11.5 Å². The standard InChI is InChI=1S/C20H24BrN3O4/c1-13-22-19(24-28-13)20(6-4-2-3-5-7-20)23-18(25)11-14-10-16-17(12-15(14)21)27-9-8-26-16/h10,12H,2-9,11H2,1H3,(H,23,25). The quantitative estimate of drug-likeness (QED) is 0.713. The molecular formula is C20H24BrN3O4. The Morgan fingerprint density at radius 2 is 1.82 bits per heavy atom. The number of rotatable bonds is 4. The Morgan fingerprint density at radius 3 is 2.46 bits per heavy atom. The van der Waals surface area contributed by atoms with Gasteiger partial charge in [0.25, 0.3) is 0 Å². The number of benzene rings is 1. The number of aryl methyl sites for hydroxylation is 1. The van der Waals surface area contributed by atoms with Gasteiger partial charge in [-0.05, 0) is 30.5 Å². The second kappa shape index (κ2) is 8.11. The molecule has 0 saturated heterocycles. The van der Waals surface area contributed by atoms with Gasteiger partial charge in [-0.2, -0.15) is 4.98 Å². The van der Waals surface area contributed by atoms with Crippen LogP contribution in [0.15, 0.2) is 21.1 Å². The van der Waals surface area contributed by atoms with E-state index in [2.05, 4.69) is 31.4 Å². The van der Waals surface area contributed by atoms with Crippen LogP contribution < -0.4 is 14.8 Å². The lowest BCUT2D eigenvalue weighted by atomic mass is 9.88. The van der Waals surface area contributed by atoms with Gasteiger partial charge < -0.3 is 19.3 Å². The number of nitrogens with one attached hydrogen (secondary N) is 1. The number of hydrogen-bond acceptors (Lipinski definition) is 6. The average Bonchev–Trinajstić information content (AvgIpc) is 2.98. The van der Waals surface area contributed by atoms with E-state index in [0.717, 1.165) is 48.6 Å². The fourth-order valence-electron chi connectivity index (χ4n) is 3.96. The average molecular weight is 450 g/mol. The lowest BCUT2D eigenvalue weighted by Gasteiger charge is -2.31. The highest BCUT2D eigenvalue weighted by Crippen LogP contribution is 2.37. The van der Waals surface area contributed by atoms with E-state index in [0.29, 0.717) is 36.4 Å². The van der Waals surface area contributed by atoms with Crippen LogP contribution in [0.25, 0.3) is 0 Å². The second-order valence-corrected chi connectivity index (χ2v) is 8.30. The van der Waals surface area contributed by atoms with E-state index in [1.807, 2.05) is 12.1 Å². The maximum absolute atomic E-state index is 13.0. The molecule has 1 aliphatic heterocycles. The monoisotopic (exact) mass is 449 g/mol. The topological polar surface area (TPSA) is 86.5 Å². The van der Waals surface area contributed by atoms with E-state index in [9.17, 15) is 4.79 Å². The van der Waals surface area contributed by atoms with E-state index in [4.69, 9.17) is 14.0 Å². The fraction of sp³-hybridized carbons (Fsp3) is 0.550. The Hall–Kier alpha value is -2.09. The second-order valence-electron chi connectivity index (χ2n) is 7.45. The Balaban J connectivity index is 1.55. The molecule has 1 aromatic heterocycles. The molecule has 2 aliphatic rings. The lowest BCUT2D eigenvalue weighted by molar-refractivity contribution is -0.122. The highest BCUT2D eigenvalue weighted by molar-refractivity contribution is 9.10. The van der Waals surface area contributed by atoms with Crippen molar-refractivity contribution in [2.45, 2.75) is 57.4 Å². The highest BCUT2D eigenvalue weighted by atomic mass is 79.9. The number of nitrogens with zero attached hydrogens (tertiary/aromatic N) is 2. The molecule has 0 atom stereocenters. The molecule has 28 heavy (non-hydrogen) atoms. The number of fused-ring (bicyclic) bond motifs is 1. The molecule has 2 aromatic rings. The highest BCUT2D eigenvalue weighted by Gasteiger charge is 2.38. The molecule has 2 heterocycles. The van der Waals surface area contributed by atoms with Crippen LogP contribution >= 0.6 is 15.9 Å². The van der Waals surface area contributed by atoms with Gasteiger partial charge in [0.05, 0.1) is 6.42 Å². The van der Waals surface area contributed by atoms with Gasteiger partial charge in [-0.3, -0.25) is 4.79 Å². The van der Waals surface area contributed by atoms with Gasteiger partial charge in [0, 0.05) is 11.4 Å². The number of carbonyl (C=O) groups excluding carboxylic acids is 1. The molecule has 150 valence electrons. The first-order valence-corrected chi connectivity index (χ1v) is 10.5. The summed E-state index contributed by atoms with van der Waals surface area (Å²) in [6, 6.07) is 3.73. The fourth-order valence-corrected chi connectivity index (χ4v) is 4.42. The van der Waals surface area contributed by atoms with Crippen LogP contribution in [-0.2, 0) is 16.8 Å². The number of hydrogen-bond donors (Lipinski definition) is 1. The van der Waals surface area contributed by atoms with E-state index in [1.165, 1.54) is 0 Å². The first-order valence-electron chi connectivity index (χ1n) is 9.76. The van der Waals surface area contributed by atoms with Gasteiger partial charge in [-0.25, -0.2) is 0 Å². The van der Waals surface area contributed by atoms with Crippen molar-refractivity contribution < 1.29 is 18.8 Å². The molecule has 0 radical (unpaired) electrons. The molecule has 1 N–H and O–H groups in total. The van der Waals surface area contributed by atoms with Crippen molar-refractivity contribution in [1.29, 1.82) is 0 Å². The summed E-state index contributed by atoms with van der Waals surface area (Å²) < 4.78 is 17.3. The minimum atomic E-state index is -0.564. The Labute approximate surface area is 172 Å². The number of aromatic nitrogens is 2. The van der Waals surface area contributed by atoms with E-state index in [1.54, 1.807) is 6.92 Å². The minimum absolute atomic E-state index is 0.0678. The van der Waals surface area contributed by atoms with Crippen molar-refractivity contribution in [1.82, 2.24) is 15.5 Å². The molecule has 1 fully saturated rings. The van der Waals surface area contributed by atoms with Crippen LogP contribution in [0.5, 0.6) is 11.5 Å². The van der Waals surface area contributed by atoms with Crippen molar-refractivity contribution in [3.63, 3.8) is 0 Å². The zero-order valence-corrected chi connectivity index (χ0v) is 17.5. The summed E-state index contributed by atoms with van der Waals surface area (Å²) in [7, 11) is 0. The molecule has 4 rings (SSSR count). The number of carbonyl (C=O) groups is 1. The molecule has 1 saturated carbocycles. The van der Waals surface area contributed by atoms with Gasteiger partial charge in [-0.15, -0.1) is 0 Å². The first-order chi connectivity index (χ1) is 13.6. The Kier molecular flexibility index (Phi) is 5.57. The minimum Gasteiger partial charge on any atom is -0.486 e. The third-order valence-electron chi connectivity index (χ3n) is 5.35. The summed E-state index contributed by atoms with van der Waals surface area (Å²) in [6.45, 7) is 2.82.